The molecule has 0 aromatic rings. The van der Waals surface area contributed by atoms with Gasteiger partial charge in [0.05, 0.1) is 19.8 Å². The first-order valence-electron chi connectivity index (χ1n) is 7.44. The van der Waals surface area contributed by atoms with E-state index in [1.54, 1.807) is 0 Å². The molecule has 1 rings (SSSR count). The van der Waals surface area contributed by atoms with Crippen LogP contribution in [0.3, 0.4) is 0 Å². The van der Waals surface area contributed by atoms with E-state index in [0.29, 0.717) is 12.6 Å². The van der Waals surface area contributed by atoms with Crippen LogP contribution in [0.15, 0.2) is 0 Å². The molecule has 2 atom stereocenters. The Hall–Kier alpha value is -0.650. The standard InChI is InChI=1S/C14H28N2O3/c1-4-12-11-18-10-9-16(12)8-7-13(15-5-2)14(17)19-6-3/h12-13,15H,4-11H2,1-3H3. The Morgan fingerprint density at radius 3 is 2.89 bits per heavy atom. The number of nitrogens with one attached hydrogen (secondary N) is 1. The van der Waals surface area contributed by atoms with E-state index in [4.69, 9.17) is 9.47 Å². The lowest BCUT2D eigenvalue weighted by Crippen LogP contribution is -2.48. The van der Waals surface area contributed by atoms with Gasteiger partial charge in [-0.05, 0) is 26.3 Å². The molecule has 1 saturated heterocycles. The molecule has 0 saturated carbocycles. The minimum atomic E-state index is -0.190. The monoisotopic (exact) mass is 272 g/mol. The Balaban J connectivity index is 2.43. The van der Waals surface area contributed by atoms with Crippen LogP contribution < -0.4 is 5.32 Å². The van der Waals surface area contributed by atoms with E-state index < -0.39 is 0 Å². The van der Waals surface area contributed by atoms with Gasteiger partial charge in [0.25, 0.3) is 0 Å². The summed E-state index contributed by atoms with van der Waals surface area (Å²) in [5.41, 5.74) is 0. The SMILES string of the molecule is CCNC(CCN1CCOCC1CC)C(=O)OCC. The van der Waals surface area contributed by atoms with E-state index in [9.17, 15) is 4.79 Å². The van der Waals surface area contributed by atoms with Crippen molar-refractivity contribution in [2.75, 3.05) is 39.5 Å². The summed E-state index contributed by atoms with van der Waals surface area (Å²) in [6.07, 6.45) is 1.88. The molecule has 5 heteroatoms. The third-order valence-electron chi connectivity index (χ3n) is 3.55. The van der Waals surface area contributed by atoms with Crippen LogP contribution in [-0.4, -0.2) is 62.4 Å². The number of likely N-dealkylation sites (N-methyl/N-ethyl adjacent to an activating group) is 1. The number of esters is 1. The smallest absolute Gasteiger partial charge is 0.323 e. The van der Waals surface area contributed by atoms with Crippen molar-refractivity contribution in [1.82, 2.24) is 10.2 Å². The largest absolute Gasteiger partial charge is 0.465 e. The molecule has 0 amide bonds. The first kappa shape index (κ1) is 16.4. The van der Waals surface area contributed by atoms with Crippen molar-refractivity contribution in [3.8, 4) is 0 Å². The van der Waals surface area contributed by atoms with Gasteiger partial charge in [-0.1, -0.05) is 13.8 Å². The second-order valence-electron chi connectivity index (χ2n) is 4.82. The minimum Gasteiger partial charge on any atom is -0.465 e. The van der Waals surface area contributed by atoms with Crippen molar-refractivity contribution < 1.29 is 14.3 Å². The summed E-state index contributed by atoms with van der Waals surface area (Å²) in [6, 6.07) is 0.295. The summed E-state index contributed by atoms with van der Waals surface area (Å²) in [7, 11) is 0. The van der Waals surface area contributed by atoms with Gasteiger partial charge >= 0.3 is 5.97 Å². The number of hydrogen-bond donors (Lipinski definition) is 1. The molecule has 0 radical (unpaired) electrons. The average Bonchev–Trinajstić information content (AvgIpc) is 2.44. The molecule has 2 unspecified atom stereocenters. The zero-order valence-corrected chi connectivity index (χ0v) is 12.5. The molecule has 5 nitrogen and oxygen atoms in total. The third-order valence-corrected chi connectivity index (χ3v) is 3.55. The molecule has 1 N–H and O–H groups in total. The molecule has 0 spiro atoms. The van der Waals surface area contributed by atoms with Crippen molar-refractivity contribution >= 4 is 5.97 Å². The lowest BCUT2D eigenvalue weighted by Gasteiger charge is -2.35. The number of morpholine rings is 1. The predicted octanol–water partition coefficient (Wildman–Crippen LogP) is 1.03. The van der Waals surface area contributed by atoms with Gasteiger partial charge in [-0.15, -0.1) is 0 Å². The lowest BCUT2D eigenvalue weighted by atomic mass is 10.1. The maximum atomic E-state index is 11.8. The van der Waals surface area contributed by atoms with Gasteiger partial charge in [0.1, 0.15) is 6.04 Å². The van der Waals surface area contributed by atoms with Gasteiger partial charge in [0, 0.05) is 19.1 Å². The highest BCUT2D eigenvalue weighted by Crippen LogP contribution is 2.11. The molecule has 0 aromatic carbocycles. The zero-order valence-electron chi connectivity index (χ0n) is 12.5. The number of nitrogens with zero attached hydrogens (tertiary/aromatic N) is 1. The molecule has 112 valence electrons. The maximum Gasteiger partial charge on any atom is 0.323 e. The first-order valence-corrected chi connectivity index (χ1v) is 7.44. The molecular weight excluding hydrogens is 244 g/mol. The quantitative estimate of drug-likeness (QED) is 0.669. The summed E-state index contributed by atoms with van der Waals surface area (Å²) >= 11 is 0. The van der Waals surface area contributed by atoms with Crippen LogP contribution in [-0.2, 0) is 14.3 Å². The molecular formula is C14H28N2O3. The van der Waals surface area contributed by atoms with E-state index in [-0.39, 0.29) is 12.0 Å². The van der Waals surface area contributed by atoms with Crippen molar-refractivity contribution in [3.63, 3.8) is 0 Å². The van der Waals surface area contributed by atoms with Crippen LogP contribution in [0.2, 0.25) is 0 Å². The van der Waals surface area contributed by atoms with Crippen molar-refractivity contribution in [1.29, 1.82) is 0 Å². The zero-order chi connectivity index (χ0) is 14.1. The second kappa shape index (κ2) is 9.28. The van der Waals surface area contributed by atoms with Crippen LogP contribution in [0.1, 0.15) is 33.6 Å². The van der Waals surface area contributed by atoms with Crippen LogP contribution in [0, 0.1) is 0 Å². The highest BCUT2D eigenvalue weighted by Gasteiger charge is 2.24. The fourth-order valence-electron chi connectivity index (χ4n) is 2.45. The van der Waals surface area contributed by atoms with Crippen molar-refractivity contribution in [2.45, 2.75) is 45.7 Å². The van der Waals surface area contributed by atoms with Gasteiger partial charge in [-0.2, -0.15) is 0 Å². The van der Waals surface area contributed by atoms with Gasteiger partial charge in [-0.25, -0.2) is 0 Å². The van der Waals surface area contributed by atoms with Crippen molar-refractivity contribution in [3.05, 3.63) is 0 Å². The number of carbonyl (C=O) groups excluding carboxylic acids is 1. The first-order chi connectivity index (χ1) is 9.22. The van der Waals surface area contributed by atoms with Crippen LogP contribution in [0.5, 0.6) is 0 Å². The number of hydrogen-bond acceptors (Lipinski definition) is 5. The van der Waals surface area contributed by atoms with E-state index in [0.717, 1.165) is 45.7 Å². The van der Waals surface area contributed by atoms with Crippen LogP contribution in [0.4, 0.5) is 0 Å². The topological polar surface area (TPSA) is 50.8 Å². The highest BCUT2D eigenvalue weighted by molar-refractivity contribution is 5.75. The van der Waals surface area contributed by atoms with E-state index in [1.165, 1.54) is 0 Å². The number of carbonyl (C=O) groups is 1. The van der Waals surface area contributed by atoms with Crippen molar-refractivity contribution in [2.24, 2.45) is 0 Å². The maximum absolute atomic E-state index is 11.8. The normalized spacial score (nSPS) is 22.2. The summed E-state index contributed by atoms with van der Waals surface area (Å²) in [5.74, 6) is -0.134. The third kappa shape index (κ3) is 5.47. The number of rotatable bonds is 8. The molecule has 1 fully saturated rings. The fourth-order valence-corrected chi connectivity index (χ4v) is 2.45. The Labute approximate surface area is 116 Å². The summed E-state index contributed by atoms with van der Waals surface area (Å²) in [6.45, 7) is 10.7. The molecule has 0 bridgehead atoms. The fraction of sp³-hybridized carbons (Fsp3) is 0.929. The van der Waals surface area contributed by atoms with Gasteiger partial charge < -0.3 is 14.8 Å². The Morgan fingerprint density at radius 2 is 2.26 bits per heavy atom. The average molecular weight is 272 g/mol. The van der Waals surface area contributed by atoms with E-state index in [2.05, 4.69) is 17.1 Å². The predicted molar refractivity (Wildman–Crippen MR) is 75.2 cm³/mol. The Morgan fingerprint density at radius 1 is 1.47 bits per heavy atom. The summed E-state index contributed by atoms with van der Waals surface area (Å²) in [5, 5.41) is 3.21. The number of ether oxygens (including phenoxy) is 2. The molecule has 0 aliphatic carbocycles. The van der Waals surface area contributed by atoms with Crippen LogP contribution >= 0.6 is 0 Å². The Kier molecular flexibility index (Phi) is 8.02. The highest BCUT2D eigenvalue weighted by atomic mass is 16.5. The molecule has 19 heavy (non-hydrogen) atoms. The van der Waals surface area contributed by atoms with Gasteiger partial charge in [0.2, 0.25) is 0 Å². The second-order valence-corrected chi connectivity index (χ2v) is 4.82. The molecule has 1 heterocycles. The van der Waals surface area contributed by atoms with E-state index in [1.807, 2.05) is 13.8 Å². The minimum absolute atomic E-state index is 0.134. The molecule has 0 aromatic heterocycles. The van der Waals surface area contributed by atoms with E-state index >= 15 is 0 Å². The Bertz CT molecular complexity index is 261. The summed E-state index contributed by atoms with van der Waals surface area (Å²) in [4.78, 5) is 14.3. The van der Waals surface area contributed by atoms with Crippen LogP contribution in [0.25, 0.3) is 0 Å². The molecule has 1 aliphatic heterocycles. The van der Waals surface area contributed by atoms with Gasteiger partial charge in [0.15, 0.2) is 0 Å². The molecule has 1 aliphatic rings. The van der Waals surface area contributed by atoms with Gasteiger partial charge in [-0.3, -0.25) is 9.69 Å². The summed E-state index contributed by atoms with van der Waals surface area (Å²) < 4.78 is 10.6. The lowest BCUT2D eigenvalue weighted by molar-refractivity contribution is -0.146.